The molecular formula is C19H24ClN3O2. The Morgan fingerprint density at radius 3 is 2.28 bits per heavy atom. The van der Waals surface area contributed by atoms with Crippen molar-refractivity contribution in [3.63, 3.8) is 0 Å². The fourth-order valence-corrected chi connectivity index (χ4v) is 2.35. The van der Waals surface area contributed by atoms with Crippen LogP contribution in [0.5, 0.6) is 0 Å². The van der Waals surface area contributed by atoms with Gasteiger partial charge in [-0.05, 0) is 24.6 Å². The number of aryl methyl sites for hydroxylation is 1. The number of carbonyl (C=O) groups is 2. The average molecular weight is 362 g/mol. The number of hydrogen-bond donors (Lipinski definition) is 3. The molecule has 5 nitrogen and oxygen atoms in total. The van der Waals surface area contributed by atoms with Gasteiger partial charge in [0.05, 0.1) is 12.5 Å². The molecule has 0 aromatic heterocycles. The highest BCUT2D eigenvalue weighted by Crippen LogP contribution is 2.17. The van der Waals surface area contributed by atoms with Crippen molar-refractivity contribution in [3.05, 3.63) is 71.3 Å². The Hall–Kier alpha value is -2.37. The van der Waals surface area contributed by atoms with Gasteiger partial charge in [-0.3, -0.25) is 9.59 Å². The molecule has 0 aliphatic rings. The molecule has 2 rings (SSSR count). The molecule has 0 saturated carbocycles. The Morgan fingerprint density at radius 1 is 1.04 bits per heavy atom. The molecule has 0 radical (unpaired) electrons. The van der Waals surface area contributed by atoms with Gasteiger partial charge in [0, 0.05) is 18.7 Å². The van der Waals surface area contributed by atoms with Crippen LogP contribution >= 0.6 is 12.4 Å². The molecular weight excluding hydrogens is 338 g/mol. The molecule has 1 atom stereocenters. The van der Waals surface area contributed by atoms with Gasteiger partial charge in [0.15, 0.2) is 0 Å². The molecule has 4 N–H and O–H groups in total. The molecule has 2 aromatic carbocycles. The third-order valence-electron chi connectivity index (χ3n) is 3.68. The minimum absolute atomic E-state index is 0. The molecule has 0 fully saturated rings. The van der Waals surface area contributed by atoms with E-state index in [4.69, 9.17) is 5.73 Å². The first-order valence-corrected chi connectivity index (χ1v) is 7.99. The minimum Gasteiger partial charge on any atom is -0.355 e. The number of carbonyl (C=O) groups excluding carboxylic acids is 2. The van der Waals surface area contributed by atoms with Gasteiger partial charge in [-0.1, -0.05) is 48.0 Å². The lowest BCUT2D eigenvalue weighted by atomic mass is 10.0. The van der Waals surface area contributed by atoms with E-state index in [1.165, 1.54) is 0 Å². The van der Waals surface area contributed by atoms with Crippen LogP contribution in [0.3, 0.4) is 0 Å². The SMILES string of the molecule is Cc1ccc(C(=O)NC(CC(=O)NCCN)c2ccccc2)cc1.Cl. The standard InChI is InChI=1S/C19H23N3O2.ClH/c1-14-7-9-16(10-8-14)19(24)22-17(13-18(23)21-12-11-20)15-5-3-2-4-6-15;/h2-10,17H,11-13,20H2,1H3,(H,21,23)(H,22,24);1H. The number of hydrogen-bond acceptors (Lipinski definition) is 3. The van der Waals surface area contributed by atoms with Crippen molar-refractivity contribution in [3.8, 4) is 0 Å². The molecule has 0 aliphatic carbocycles. The van der Waals surface area contributed by atoms with Crippen molar-refractivity contribution in [2.75, 3.05) is 13.1 Å². The summed E-state index contributed by atoms with van der Waals surface area (Å²) < 4.78 is 0. The molecule has 1 unspecified atom stereocenters. The van der Waals surface area contributed by atoms with Crippen LogP contribution in [0.2, 0.25) is 0 Å². The van der Waals surface area contributed by atoms with Crippen LogP contribution in [0.25, 0.3) is 0 Å². The van der Waals surface area contributed by atoms with Crippen LogP contribution in [0, 0.1) is 6.92 Å². The Kier molecular flexibility index (Phi) is 8.67. The second-order valence-corrected chi connectivity index (χ2v) is 5.65. The number of benzene rings is 2. The molecule has 0 aliphatic heterocycles. The van der Waals surface area contributed by atoms with E-state index >= 15 is 0 Å². The van der Waals surface area contributed by atoms with E-state index in [0.717, 1.165) is 11.1 Å². The van der Waals surface area contributed by atoms with Crippen molar-refractivity contribution in [1.29, 1.82) is 0 Å². The summed E-state index contributed by atoms with van der Waals surface area (Å²) in [6.07, 6.45) is 0.168. The van der Waals surface area contributed by atoms with E-state index in [1.807, 2.05) is 49.4 Å². The quantitative estimate of drug-likeness (QED) is 0.707. The zero-order valence-electron chi connectivity index (χ0n) is 14.2. The maximum atomic E-state index is 12.5. The fourth-order valence-electron chi connectivity index (χ4n) is 2.35. The summed E-state index contributed by atoms with van der Waals surface area (Å²) in [5.74, 6) is -0.339. The Bertz CT molecular complexity index is 675. The lowest BCUT2D eigenvalue weighted by molar-refractivity contribution is -0.121. The predicted molar refractivity (Wildman–Crippen MR) is 102 cm³/mol. The first-order valence-electron chi connectivity index (χ1n) is 7.99. The van der Waals surface area contributed by atoms with Crippen LogP contribution in [-0.4, -0.2) is 24.9 Å². The number of nitrogens with one attached hydrogen (secondary N) is 2. The maximum absolute atomic E-state index is 12.5. The van der Waals surface area contributed by atoms with Crippen LogP contribution in [0.4, 0.5) is 0 Å². The molecule has 0 saturated heterocycles. The van der Waals surface area contributed by atoms with Crippen LogP contribution in [0.1, 0.15) is 33.9 Å². The van der Waals surface area contributed by atoms with Gasteiger partial charge in [0.25, 0.3) is 5.91 Å². The van der Waals surface area contributed by atoms with Crippen molar-refractivity contribution >= 4 is 24.2 Å². The predicted octanol–water partition coefficient (Wildman–Crippen LogP) is 2.35. The fraction of sp³-hybridized carbons (Fsp3) is 0.263. The molecule has 6 heteroatoms. The molecule has 0 heterocycles. The van der Waals surface area contributed by atoms with Gasteiger partial charge in [-0.15, -0.1) is 12.4 Å². The summed E-state index contributed by atoms with van der Waals surface area (Å²) in [4.78, 5) is 24.5. The van der Waals surface area contributed by atoms with E-state index in [-0.39, 0.29) is 30.6 Å². The van der Waals surface area contributed by atoms with Gasteiger partial charge < -0.3 is 16.4 Å². The summed E-state index contributed by atoms with van der Waals surface area (Å²) in [7, 11) is 0. The first kappa shape index (κ1) is 20.7. The lowest BCUT2D eigenvalue weighted by Crippen LogP contribution is -2.35. The largest absolute Gasteiger partial charge is 0.355 e. The van der Waals surface area contributed by atoms with Crippen molar-refractivity contribution in [2.45, 2.75) is 19.4 Å². The second kappa shape index (κ2) is 10.5. The van der Waals surface area contributed by atoms with Gasteiger partial charge in [0.2, 0.25) is 5.91 Å². The van der Waals surface area contributed by atoms with Crippen molar-refractivity contribution in [1.82, 2.24) is 10.6 Å². The molecule has 2 amide bonds. The second-order valence-electron chi connectivity index (χ2n) is 5.65. The summed E-state index contributed by atoms with van der Waals surface area (Å²) in [6.45, 7) is 2.78. The van der Waals surface area contributed by atoms with Gasteiger partial charge in [-0.25, -0.2) is 0 Å². The number of nitrogens with two attached hydrogens (primary N) is 1. The average Bonchev–Trinajstić information content (AvgIpc) is 2.60. The van der Waals surface area contributed by atoms with E-state index < -0.39 is 6.04 Å². The summed E-state index contributed by atoms with van der Waals surface area (Å²) >= 11 is 0. The van der Waals surface area contributed by atoms with Crippen LogP contribution < -0.4 is 16.4 Å². The third kappa shape index (κ3) is 6.57. The normalized spacial score (nSPS) is 11.1. The monoisotopic (exact) mass is 361 g/mol. The van der Waals surface area contributed by atoms with Crippen LogP contribution in [-0.2, 0) is 4.79 Å². The van der Waals surface area contributed by atoms with Gasteiger partial charge in [0.1, 0.15) is 0 Å². The van der Waals surface area contributed by atoms with Crippen molar-refractivity contribution < 1.29 is 9.59 Å². The number of amides is 2. The zero-order valence-corrected chi connectivity index (χ0v) is 15.0. The first-order chi connectivity index (χ1) is 11.6. The molecule has 0 spiro atoms. The summed E-state index contributed by atoms with van der Waals surface area (Å²) in [5, 5.41) is 5.68. The van der Waals surface area contributed by atoms with Crippen molar-refractivity contribution in [2.24, 2.45) is 5.73 Å². The summed E-state index contributed by atoms with van der Waals surface area (Å²) in [6, 6.07) is 16.4. The van der Waals surface area contributed by atoms with E-state index in [0.29, 0.717) is 18.7 Å². The Labute approximate surface area is 154 Å². The van der Waals surface area contributed by atoms with Crippen LogP contribution in [0.15, 0.2) is 54.6 Å². The smallest absolute Gasteiger partial charge is 0.251 e. The highest BCUT2D eigenvalue weighted by atomic mass is 35.5. The molecule has 134 valence electrons. The number of halogens is 1. The summed E-state index contributed by atoms with van der Waals surface area (Å²) in [5.41, 5.74) is 7.96. The Balaban J connectivity index is 0.00000312. The minimum atomic E-state index is -0.391. The van der Waals surface area contributed by atoms with Gasteiger partial charge in [-0.2, -0.15) is 0 Å². The zero-order chi connectivity index (χ0) is 17.4. The van der Waals surface area contributed by atoms with Gasteiger partial charge >= 0.3 is 0 Å². The number of rotatable bonds is 7. The molecule has 2 aromatic rings. The van der Waals surface area contributed by atoms with E-state index in [1.54, 1.807) is 12.1 Å². The van der Waals surface area contributed by atoms with E-state index in [9.17, 15) is 9.59 Å². The lowest BCUT2D eigenvalue weighted by Gasteiger charge is -2.19. The molecule has 0 bridgehead atoms. The maximum Gasteiger partial charge on any atom is 0.251 e. The third-order valence-corrected chi connectivity index (χ3v) is 3.68. The highest BCUT2D eigenvalue weighted by molar-refractivity contribution is 5.94. The Morgan fingerprint density at radius 2 is 1.68 bits per heavy atom. The topological polar surface area (TPSA) is 84.2 Å². The molecule has 25 heavy (non-hydrogen) atoms. The highest BCUT2D eigenvalue weighted by Gasteiger charge is 2.19. The van der Waals surface area contributed by atoms with E-state index in [2.05, 4.69) is 10.6 Å².